The van der Waals surface area contributed by atoms with Gasteiger partial charge in [-0.25, -0.2) is 0 Å². The van der Waals surface area contributed by atoms with E-state index < -0.39 is 18.1 Å². The lowest BCUT2D eigenvalue weighted by molar-refractivity contribution is -0.121. The summed E-state index contributed by atoms with van der Waals surface area (Å²) in [5.74, 6) is -0.881. The van der Waals surface area contributed by atoms with Crippen LogP contribution in [0.5, 0.6) is 0 Å². The Bertz CT molecular complexity index is 475. The smallest absolute Gasteiger partial charge is 0.220 e. The topological polar surface area (TPSA) is 101 Å². The Morgan fingerprint density at radius 2 is 2.00 bits per heavy atom. The molecule has 2 atom stereocenters. The van der Waals surface area contributed by atoms with E-state index in [1.54, 1.807) is 0 Å². The quantitative estimate of drug-likeness (QED) is 0.690. The van der Waals surface area contributed by atoms with Crippen LogP contribution in [0, 0.1) is 0 Å². The van der Waals surface area contributed by atoms with Gasteiger partial charge in [-0.1, -0.05) is 23.7 Å². The van der Waals surface area contributed by atoms with Crippen molar-refractivity contribution < 1.29 is 19.8 Å². The third-order valence-electron chi connectivity index (χ3n) is 2.50. The van der Waals surface area contributed by atoms with Crippen molar-refractivity contribution in [2.24, 2.45) is 5.73 Å². The molecule has 0 aliphatic carbocycles. The van der Waals surface area contributed by atoms with Crippen LogP contribution in [0.1, 0.15) is 35.4 Å². The Morgan fingerprint density at radius 1 is 1.39 bits per heavy atom. The van der Waals surface area contributed by atoms with E-state index in [0.717, 1.165) is 0 Å². The molecule has 0 aliphatic rings. The van der Waals surface area contributed by atoms with E-state index in [-0.39, 0.29) is 22.8 Å². The molecule has 18 heavy (non-hydrogen) atoms. The number of carbonyl (C=O) groups excluding carboxylic acids is 2. The lowest BCUT2D eigenvalue weighted by Crippen LogP contribution is -2.25. The molecule has 1 amide bonds. The van der Waals surface area contributed by atoms with E-state index in [0.29, 0.717) is 5.56 Å². The predicted octanol–water partition coefficient (Wildman–Crippen LogP) is 0.812. The first-order valence-electron chi connectivity index (χ1n) is 5.27. The summed E-state index contributed by atoms with van der Waals surface area (Å²) in [6, 6.07) is 4.33. The van der Waals surface area contributed by atoms with E-state index in [2.05, 4.69) is 0 Å². The van der Waals surface area contributed by atoms with Crippen LogP contribution in [-0.2, 0) is 4.79 Å². The van der Waals surface area contributed by atoms with E-state index in [4.69, 9.17) is 17.3 Å². The maximum atomic E-state index is 11.1. The first-order chi connectivity index (χ1) is 8.32. The molecule has 1 rings (SSSR count). The number of hydrogen-bond donors (Lipinski definition) is 3. The second-order valence-electron chi connectivity index (χ2n) is 3.98. The molecule has 0 bridgehead atoms. The SMILES string of the molecule is CC(=O)c1ccc(C(O)C(O)CC(N)=O)c(Cl)c1. The molecule has 1 aromatic carbocycles. The first kappa shape index (κ1) is 14.6. The normalized spacial score (nSPS) is 14.0. The highest BCUT2D eigenvalue weighted by atomic mass is 35.5. The Labute approximate surface area is 109 Å². The van der Waals surface area contributed by atoms with Gasteiger partial charge in [-0.05, 0) is 13.0 Å². The standard InChI is InChI=1S/C12H14ClNO4/c1-6(15)7-2-3-8(9(13)4-7)12(18)10(16)5-11(14)17/h2-4,10,12,16,18H,5H2,1H3,(H2,14,17). The molecular weight excluding hydrogens is 258 g/mol. The number of ketones is 1. The molecule has 98 valence electrons. The van der Waals surface area contributed by atoms with Gasteiger partial charge in [0.05, 0.1) is 12.5 Å². The summed E-state index contributed by atoms with van der Waals surface area (Å²) >= 11 is 5.91. The Kier molecular flexibility index (Phi) is 4.84. The predicted molar refractivity (Wildman–Crippen MR) is 66.2 cm³/mol. The fourth-order valence-electron chi connectivity index (χ4n) is 1.51. The van der Waals surface area contributed by atoms with Gasteiger partial charge in [0, 0.05) is 16.1 Å². The van der Waals surface area contributed by atoms with Crippen LogP contribution in [0.3, 0.4) is 0 Å². The van der Waals surface area contributed by atoms with Crippen LogP contribution >= 0.6 is 11.6 Å². The minimum atomic E-state index is -1.33. The zero-order valence-electron chi connectivity index (χ0n) is 9.76. The highest BCUT2D eigenvalue weighted by Crippen LogP contribution is 2.27. The first-order valence-corrected chi connectivity index (χ1v) is 5.65. The average Bonchev–Trinajstić information content (AvgIpc) is 2.26. The van der Waals surface area contributed by atoms with Gasteiger partial charge in [-0.3, -0.25) is 9.59 Å². The molecule has 0 fully saturated rings. The fourth-order valence-corrected chi connectivity index (χ4v) is 1.80. The molecule has 0 aliphatic heterocycles. The monoisotopic (exact) mass is 271 g/mol. The molecule has 0 spiro atoms. The lowest BCUT2D eigenvalue weighted by Gasteiger charge is -2.18. The van der Waals surface area contributed by atoms with Crippen molar-refractivity contribution in [1.82, 2.24) is 0 Å². The minimum absolute atomic E-state index is 0.152. The summed E-state index contributed by atoms with van der Waals surface area (Å²) in [7, 11) is 0. The Morgan fingerprint density at radius 3 is 2.44 bits per heavy atom. The van der Waals surface area contributed by atoms with Crippen molar-refractivity contribution in [2.45, 2.75) is 25.6 Å². The lowest BCUT2D eigenvalue weighted by atomic mass is 9.99. The van der Waals surface area contributed by atoms with Crippen molar-refractivity contribution in [3.63, 3.8) is 0 Å². The van der Waals surface area contributed by atoms with Gasteiger partial charge in [-0.15, -0.1) is 0 Å². The van der Waals surface area contributed by atoms with E-state index in [9.17, 15) is 19.8 Å². The minimum Gasteiger partial charge on any atom is -0.390 e. The van der Waals surface area contributed by atoms with Gasteiger partial charge in [0.1, 0.15) is 6.10 Å². The highest BCUT2D eigenvalue weighted by molar-refractivity contribution is 6.31. The Balaban J connectivity index is 2.96. The molecule has 0 saturated heterocycles. The number of amides is 1. The molecule has 4 N–H and O–H groups in total. The van der Waals surface area contributed by atoms with Gasteiger partial charge in [0.25, 0.3) is 0 Å². The molecule has 2 unspecified atom stereocenters. The van der Waals surface area contributed by atoms with Crippen molar-refractivity contribution in [2.75, 3.05) is 0 Å². The zero-order valence-corrected chi connectivity index (χ0v) is 10.5. The third-order valence-corrected chi connectivity index (χ3v) is 2.83. The maximum absolute atomic E-state index is 11.1. The number of aliphatic hydroxyl groups is 2. The molecule has 0 saturated carbocycles. The van der Waals surface area contributed by atoms with Crippen LogP contribution in [0.25, 0.3) is 0 Å². The zero-order chi connectivity index (χ0) is 13.9. The number of rotatable bonds is 5. The van der Waals surface area contributed by atoms with E-state index in [1.807, 2.05) is 0 Å². The number of primary amides is 1. The second-order valence-corrected chi connectivity index (χ2v) is 4.38. The van der Waals surface area contributed by atoms with Crippen molar-refractivity contribution in [3.8, 4) is 0 Å². The van der Waals surface area contributed by atoms with Gasteiger partial charge >= 0.3 is 0 Å². The summed E-state index contributed by atoms with van der Waals surface area (Å²) < 4.78 is 0. The number of Topliss-reactive ketones (excluding diaryl/α,β-unsaturated/α-hetero) is 1. The van der Waals surface area contributed by atoms with Crippen molar-refractivity contribution in [1.29, 1.82) is 0 Å². The van der Waals surface area contributed by atoms with E-state index >= 15 is 0 Å². The van der Waals surface area contributed by atoms with Crippen LogP contribution in [0.2, 0.25) is 5.02 Å². The number of benzene rings is 1. The van der Waals surface area contributed by atoms with Gasteiger partial charge in [0.2, 0.25) is 5.91 Å². The molecule has 1 aromatic rings. The third kappa shape index (κ3) is 3.53. The van der Waals surface area contributed by atoms with Crippen LogP contribution < -0.4 is 5.73 Å². The number of hydrogen-bond acceptors (Lipinski definition) is 4. The summed E-state index contributed by atoms with van der Waals surface area (Å²) in [6.45, 7) is 1.39. The Hall–Kier alpha value is -1.43. The summed E-state index contributed by atoms with van der Waals surface area (Å²) in [6.07, 6.45) is -3.03. The second kappa shape index (κ2) is 5.95. The van der Waals surface area contributed by atoms with Gasteiger partial charge < -0.3 is 15.9 Å². The number of carbonyl (C=O) groups is 2. The molecular formula is C12H14ClNO4. The number of halogens is 1. The number of aliphatic hydroxyl groups excluding tert-OH is 2. The fraction of sp³-hybridized carbons (Fsp3) is 0.333. The molecule has 0 heterocycles. The van der Waals surface area contributed by atoms with Gasteiger partial charge in [-0.2, -0.15) is 0 Å². The van der Waals surface area contributed by atoms with Crippen LogP contribution in [0.4, 0.5) is 0 Å². The highest BCUT2D eigenvalue weighted by Gasteiger charge is 2.22. The summed E-state index contributed by atoms with van der Waals surface area (Å²) in [5, 5.41) is 19.5. The molecule has 5 nitrogen and oxygen atoms in total. The molecule has 0 aromatic heterocycles. The molecule has 0 radical (unpaired) electrons. The largest absolute Gasteiger partial charge is 0.390 e. The maximum Gasteiger partial charge on any atom is 0.220 e. The van der Waals surface area contributed by atoms with Crippen LogP contribution in [0.15, 0.2) is 18.2 Å². The average molecular weight is 272 g/mol. The van der Waals surface area contributed by atoms with Gasteiger partial charge in [0.15, 0.2) is 5.78 Å². The van der Waals surface area contributed by atoms with Crippen molar-refractivity contribution in [3.05, 3.63) is 34.3 Å². The molecule has 6 heteroatoms. The van der Waals surface area contributed by atoms with E-state index in [1.165, 1.54) is 25.1 Å². The van der Waals surface area contributed by atoms with Crippen molar-refractivity contribution >= 4 is 23.3 Å². The summed E-state index contributed by atoms with van der Waals surface area (Å²) in [5.41, 5.74) is 5.57. The number of nitrogens with two attached hydrogens (primary N) is 1. The summed E-state index contributed by atoms with van der Waals surface area (Å²) in [4.78, 5) is 21.8. The van der Waals surface area contributed by atoms with Crippen LogP contribution in [-0.4, -0.2) is 28.0 Å².